The minimum Gasteiger partial charge on any atom is -0.496 e. The van der Waals surface area contributed by atoms with Crippen LogP contribution in [0.5, 0.6) is 11.5 Å². The second-order valence-corrected chi connectivity index (χ2v) is 4.51. The summed E-state index contributed by atoms with van der Waals surface area (Å²) in [5, 5.41) is 9.91. The maximum atomic E-state index is 12.9. The van der Waals surface area contributed by atoms with Gasteiger partial charge >= 0.3 is 0 Å². The van der Waals surface area contributed by atoms with Gasteiger partial charge < -0.3 is 14.6 Å². The van der Waals surface area contributed by atoms with Gasteiger partial charge in [0.15, 0.2) is 0 Å². The Balaban J connectivity index is 2.35. The largest absolute Gasteiger partial charge is 0.496 e. The second kappa shape index (κ2) is 4.53. The van der Waals surface area contributed by atoms with Gasteiger partial charge in [-0.2, -0.15) is 0 Å². The quantitative estimate of drug-likeness (QED) is 0.857. The van der Waals surface area contributed by atoms with E-state index in [4.69, 9.17) is 9.47 Å². The fraction of sp³-hybridized carbons (Fsp3) is 0.538. The van der Waals surface area contributed by atoms with Gasteiger partial charge in [0.25, 0.3) is 0 Å². The van der Waals surface area contributed by atoms with Gasteiger partial charge in [-0.15, -0.1) is 0 Å². The molecule has 1 aromatic rings. The van der Waals surface area contributed by atoms with Crippen molar-refractivity contribution in [2.45, 2.75) is 31.5 Å². The zero-order valence-electron chi connectivity index (χ0n) is 10.1. The fourth-order valence-corrected chi connectivity index (χ4v) is 1.96. The summed E-state index contributed by atoms with van der Waals surface area (Å²) in [5.41, 5.74) is 0.712. The molecule has 0 radical (unpaired) electrons. The lowest BCUT2D eigenvalue weighted by molar-refractivity contribution is 0.150. The van der Waals surface area contributed by atoms with Crippen LogP contribution < -0.4 is 9.47 Å². The maximum absolute atomic E-state index is 12.9. The number of aliphatic hydroxyl groups is 1. The van der Waals surface area contributed by atoms with Crippen LogP contribution in [0.4, 0.5) is 4.39 Å². The molecule has 0 aromatic heterocycles. The lowest BCUT2D eigenvalue weighted by atomic mass is 10.0. The zero-order valence-corrected chi connectivity index (χ0v) is 10.1. The third-order valence-electron chi connectivity index (χ3n) is 3.17. The third kappa shape index (κ3) is 2.52. The van der Waals surface area contributed by atoms with Crippen LogP contribution in [-0.2, 0) is 13.1 Å². The summed E-state index contributed by atoms with van der Waals surface area (Å²) >= 11 is 0. The lowest BCUT2D eigenvalue weighted by Gasteiger charge is -2.15. The molecule has 0 atom stereocenters. The Labute approximate surface area is 100 Å². The highest BCUT2D eigenvalue weighted by atomic mass is 19.1. The Morgan fingerprint density at radius 2 is 1.76 bits per heavy atom. The topological polar surface area (TPSA) is 38.7 Å². The van der Waals surface area contributed by atoms with Crippen molar-refractivity contribution in [2.24, 2.45) is 0 Å². The summed E-state index contributed by atoms with van der Waals surface area (Å²) in [5.74, 6) is 1.12. The number of ether oxygens (including phenoxy) is 2. The van der Waals surface area contributed by atoms with Crippen LogP contribution in [0.3, 0.4) is 0 Å². The van der Waals surface area contributed by atoms with E-state index in [2.05, 4.69) is 0 Å². The zero-order chi connectivity index (χ0) is 12.5. The van der Waals surface area contributed by atoms with Gasteiger partial charge in [-0.3, -0.25) is 0 Å². The predicted octanol–water partition coefficient (Wildman–Crippen LogP) is 2.24. The van der Waals surface area contributed by atoms with Crippen LogP contribution in [0, 0.1) is 0 Å². The van der Waals surface area contributed by atoms with Crippen LogP contribution in [0.1, 0.15) is 24.0 Å². The highest BCUT2D eigenvalue weighted by molar-refractivity contribution is 5.47. The molecule has 0 unspecified atom stereocenters. The smallest absolute Gasteiger partial charge is 0.128 e. The highest BCUT2D eigenvalue weighted by Gasteiger charge is 2.41. The van der Waals surface area contributed by atoms with E-state index in [9.17, 15) is 9.50 Å². The monoisotopic (exact) mass is 240 g/mol. The van der Waals surface area contributed by atoms with Gasteiger partial charge in [0.1, 0.15) is 18.2 Å². The fourth-order valence-electron chi connectivity index (χ4n) is 1.96. The molecule has 0 saturated heterocycles. The number of benzene rings is 1. The number of rotatable bonds is 5. The summed E-state index contributed by atoms with van der Waals surface area (Å²) in [4.78, 5) is 0. The minimum atomic E-state index is -0.616. The molecule has 2 rings (SSSR count). The van der Waals surface area contributed by atoms with E-state index >= 15 is 0 Å². The van der Waals surface area contributed by atoms with Crippen molar-refractivity contribution >= 4 is 0 Å². The van der Waals surface area contributed by atoms with Crippen molar-refractivity contribution < 1.29 is 19.0 Å². The van der Waals surface area contributed by atoms with E-state index in [-0.39, 0.29) is 0 Å². The highest BCUT2D eigenvalue weighted by Crippen LogP contribution is 2.41. The standard InChI is InChI=1S/C13H17FO3/c1-16-11-6-12(17-2)10(8-14)5-9(11)7-13(15)3-4-13/h5-6,15H,3-4,7-8H2,1-2H3. The SMILES string of the molecule is COc1cc(OC)c(CC2(O)CC2)cc1CF. The van der Waals surface area contributed by atoms with Crippen LogP contribution in [-0.4, -0.2) is 24.9 Å². The molecular weight excluding hydrogens is 223 g/mol. The van der Waals surface area contributed by atoms with E-state index in [1.807, 2.05) is 0 Å². The average molecular weight is 240 g/mol. The molecule has 3 nitrogen and oxygen atoms in total. The molecule has 0 bridgehead atoms. The summed E-state index contributed by atoms with van der Waals surface area (Å²) in [7, 11) is 3.06. The van der Waals surface area contributed by atoms with Crippen molar-refractivity contribution in [2.75, 3.05) is 14.2 Å². The van der Waals surface area contributed by atoms with Crippen molar-refractivity contribution in [1.82, 2.24) is 0 Å². The maximum Gasteiger partial charge on any atom is 0.128 e. The summed E-state index contributed by atoms with van der Waals surface area (Å²) in [6.45, 7) is -0.585. The third-order valence-corrected chi connectivity index (χ3v) is 3.17. The number of alkyl halides is 1. The van der Waals surface area contributed by atoms with Crippen LogP contribution in [0.2, 0.25) is 0 Å². The van der Waals surface area contributed by atoms with E-state index in [0.717, 1.165) is 18.4 Å². The number of hydrogen-bond acceptors (Lipinski definition) is 3. The number of methoxy groups -OCH3 is 2. The second-order valence-electron chi connectivity index (χ2n) is 4.51. The molecule has 1 saturated carbocycles. The van der Waals surface area contributed by atoms with Crippen LogP contribution >= 0.6 is 0 Å². The summed E-state index contributed by atoms with van der Waals surface area (Å²) in [6.07, 6.45) is 2.10. The minimum absolute atomic E-state index is 0.482. The Kier molecular flexibility index (Phi) is 3.24. The first-order valence-corrected chi connectivity index (χ1v) is 5.64. The van der Waals surface area contributed by atoms with Crippen LogP contribution in [0.15, 0.2) is 12.1 Å². The van der Waals surface area contributed by atoms with Gasteiger partial charge in [0.05, 0.1) is 19.8 Å². The Morgan fingerprint density at radius 1 is 1.18 bits per heavy atom. The molecule has 0 heterocycles. The van der Waals surface area contributed by atoms with E-state index < -0.39 is 12.3 Å². The average Bonchev–Trinajstić information content (AvgIpc) is 3.06. The summed E-state index contributed by atoms with van der Waals surface area (Å²) in [6, 6.07) is 3.39. The van der Waals surface area contributed by atoms with Gasteiger partial charge in [0, 0.05) is 18.1 Å². The first-order valence-electron chi connectivity index (χ1n) is 5.64. The normalized spacial score (nSPS) is 16.7. The van der Waals surface area contributed by atoms with E-state index in [0.29, 0.717) is 23.5 Å². The molecule has 1 aromatic carbocycles. The predicted molar refractivity (Wildman–Crippen MR) is 62.2 cm³/mol. The molecule has 4 heteroatoms. The molecule has 0 aliphatic heterocycles. The van der Waals surface area contributed by atoms with Crippen molar-refractivity contribution in [3.8, 4) is 11.5 Å². The molecule has 94 valence electrons. The van der Waals surface area contributed by atoms with Gasteiger partial charge in [-0.1, -0.05) is 0 Å². The Bertz CT molecular complexity index is 413. The van der Waals surface area contributed by atoms with Crippen molar-refractivity contribution in [3.05, 3.63) is 23.3 Å². The molecule has 0 amide bonds. The van der Waals surface area contributed by atoms with E-state index in [1.54, 1.807) is 19.2 Å². The number of hydrogen-bond donors (Lipinski definition) is 1. The molecular formula is C13H17FO3. The molecule has 0 spiro atoms. The van der Waals surface area contributed by atoms with Gasteiger partial charge in [0.2, 0.25) is 0 Å². The molecule has 1 aliphatic rings. The lowest BCUT2D eigenvalue weighted by Crippen LogP contribution is -2.12. The first-order chi connectivity index (χ1) is 8.11. The molecule has 1 fully saturated rings. The Hall–Kier alpha value is -1.29. The van der Waals surface area contributed by atoms with Crippen molar-refractivity contribution in [1.29, 1.82) is 0 Å². The van der Waals surface area contributed by atoms with Crippen molar-refractivity contribution in [3.63, 3.8) is 0 Å². The molecule has 1 N–H and O–H groups in total. The van der Waals surface area contributed by atoms with Gasteiger partial charge in [-0.25, -0.2) is 4.39 Å². The molecule has 17 heavy (non-hydrogen) atoms. The molecule has 1 aliphatic carbocycles. The van der Waals surface area contributed by atoms with Crippen LogP contribution in [0.25, 0.3) is 0 Å². The van der Waals surface area contributed by atoms with E-state index in [1.165, 1.54) is 7.11 Å². The van der Waals surface area contributed by atoms with Gasteiger partial charge in [-0.05, 0) is 24.5 Å². The Morgan fingerprint density at radius 3 is 2.24 bits per heavy atom. The summed E-state index contributed by atoms with van der Waals surface area (Å²) < 4.78 is 23.2. The first kappa shape index (κ1) is 12.2. The number of halogens is 1.